The van der Waals surface area contributed by atoms with E-state index in [2.05, 4.69) is 5.10 Å². The van der Waals surface area contributed by atoms with Gasteiger partial charge in [0.05, 0.1) is 21.7 Å². The Bertz CT molecular complexity index is 850. The molecule has 2 heterocycles. The summed E-state index contributed by atoms with van der Waals surface area (Å²) in [5.74, 6) is -1.76. The number of halogens is 2. The summed E-state index contributed by atoms with van der Waals surface area (Å²) in [6.45, 7) is 4.28. The standard InChI is InChI=1S/C17H17Cl2N3O3/c1-9-7-21(8-12(9)17(24)25)16(23)15-5-10(2)22(20-15)11-3-4-13(18)14(19)6-11/h3-6,9,12H,7-8H2,1-2H3,(H,24,25)/t9-,12-/m1/s1. The quantitative estimate of drug-likeness (QED) is 0.884. The monoisotopic (exact) mass is 381 g/mol. The van der Waals surface area contributed by atoms with E-state index in [1.54, 1.807) is 33.8 Å². The summed E-state index contributed by atoms with van der Waals surface area (Å²) in [6, 6.07) is 6.79. The van der Waals surface area contributed by atoms with Crippen LogP contribution >= 0.6 is 23.2 Å². The van der Waals surface area contributed by atoms with Crippen LogP contribution in [0.2, 0.25) is 10.0 Å². The summed E-state index contributed by atoms with van der Waals surface area (Å²) in [6.07, 6.45) is 0. The van der Waals surface area contributed by atoms with Gasteiger partial charge < -0.3 is 10.0 Å². The Morgan fingerprint density at radius 3 is 2.52 bits per heavy atom. The summed E-state index contributed by atoms with van der Waals surface area (Å²) >= 11 is 12.0. The third kappa shape index (κ3) is 3.37. The summed E-state index contributed by atoms with van der Waals surface area (Å²) in [4.78, 5) is 25.5. The number of carbonyl (C=O) groups excluding carboxylic acids is 1. The lowest BCUT2D eigenvalue weighted by Gasteiger charge is -2.14. The summed E-state index contributed by atoms with van der Waals surface area (Å²) < 4.78 is 1.61. The Hall–Kier alpha value is -2.05. The summed E-state index contributed by atoms with van der Waals surface area (Å²) in [5, 5.41) is 14.4. The lowest BCUT2D eigenvalue weighted by atomic mass is 9.99. The van der Waals surface area contributed by atoms with Gasteiger partial charge in [0, 0.05) is 18.8 Å². The molecule has 1 amide bonds. The molecule has 0 aliphatic carbocycles. The number of rotatable bonds is 3. The van der Waals surface area contributed by atoms with Crippen molar-refractivity contribution < 1.29 is 14.7 Å². The number of aliphatic carboxylic acids is 1. The molecule has 0 radical (unpaired) electrons. The molecule has 2 aromatic rings. The molecule has 0 bridgehead atoms. The molecule has 0 saturated carbocycles. The first-order valence-corrected chi connectivity index (χ1v) is 8.57. The van der Waals surface area contributed by atoms with Gasteiger partial charge in [0.2, 0.25) is 0 Å². The van der Waals surface area contributed by atoms with Crippen LogP contribution in [-0.4, -0.2) is 44.8 Å². The Labute approximate surface area is 154 Å². The topological polar surface area (TPSA) is 75.4 Å². The van der Waals surface area contributed by atoms with Crippen molar-refractivity contribution in [2.24, 2.45) is 11.8 Å². The molecule has 8 heteroatoms. The van der Waals surface area contributed by atoms with Gasteiger partial charge in [-0.15, -0.1) is 0 Å². The highest BCUT2D eigenvalue weighted by Gasteiger charge is 2.37. The molecule has 1 aliphatic heterocycles. The molecule has 132 valence electrons. The maximum Gasteiger partial charge on any atom is 0.308 e. The smallest absolute Gasteiger partial charge is 0.308 e. The Morgan fingerprint density at radius 1 is 1.20 bits per heavy atom. The lowest BCUT2D eigenvalue weighted by molar-refractivity contribution is -0.142. The fourth-order valence-corrected chi connectivity index (χ4v) is 3.37. The average Bonchev–Trinajstić information content (AvgIpc) is 3.13. The van der Waals surface area contributed by atoms with E-state index >= 15 is 0 Å². The maximum absolute atomic E-state index is 12.7. The highest BCUT2D eigenvalue weighted by Crippen LogP contribution is 2.27. The fraction of sp³-hybridized carbons (Fsp3) is 0.353. The number of aromatic nitrogens is 2. The van der Waals surface area contributed by atoms with Crippen LogP contribution in [-0.2, 0) is 4.79 Å². The van der Waals surface area contributed by atoms with Crippen molar-refractivity contribution in [3.8, 4) is 5.69 Å². The molecule has 25 heavy (non-hydrogen) atoms. The van der Waals surface area contributed by atoms with Gasteiger partial charge in [0.25, 0.3) is 5.91 Å². The van der Waals surface area contributed by atoms with Crippen LogP contribution in [0.4, 0.5) is 0 Å². The van der Waals surface area contributed by atoms with Crippen molar-refractivity contribution in [1.82, 2.24) is 14.7 Å². The second kappa shape index (κ2) is 6.69. The number of aryl methyl sites for hydroxylation is 1. The van der Waals surface area contributed by atoms with Crippen molar-refractivity contribution in [2.75, 3.05) is 13.1 Å². The van der Waals surface area contributed by atoms with Crippen LogP contribution in [0.1, 0.15) is 23.1 Å². The molecule has 0 spiro atoms. The summed E-state index contributed by atoms with van der Waals surface area (Å²) in [5.41, 5.74) is 1.75. The van der Waals surface area contributed by atoms with Crippen molar-refractivity contribution in [3.63, 3.8) is 0 Å². The first kappa shape index (κ1) is 17.8. The number of nitrogens with zero attached hydrogens (tertiary/aromatic N) is 3. The van der Waals surface area contributed by atoms with Crippen molar-refractivity contribution in [3.05, 3.63) is 45.7 Å². The number of carboxylic acids is 1. The average molecular weight is 382 g/mol. The minimum atomic E-state index is -0.875. The minimum absolute atomic E-state index is 0.0836. The Morgan fingerprint density at radius 2 is 1.92 bits per heavy atom. The molecule has 1 aromatic carbocycles. The molecule has 6 nitrogen and oxygen atoms in total. The van der Waals surface area contributed by atoms with Crippen LogP contribution in [0.3, 0.4) is 0 Å². The normalized spacial score (nSPS) is 20.1. The Balaban J connectivity index is 1.86. The van der Waals surface area contributed by atoms with E-state index in [1.165, 1.54) is 0 Å². The van der Waals surface area contributed by atoms with Gasteiger partial charge in [-0.1, -0.05) is 30.1 Å². The number of benzene rings is 1. The third-order valence-corrected chi connectivity index (χ3v) is 5.21. The first-order valence-electron chi connectivity index (χ1n) is 7.82. The van der Waals surface area contributed by atoms with Gasteiger partial charge in [-0.2, -0.15) is 5.10 Å². The van der Waals surface area contributed by atoms with E-state index in [0.717, 1.165) is 5.69 Å². The zero-order valence-corrected chi connectivity index (χ0v) is 15.3. The van der Waals surface area contributed by atoms with Crippen molar-refractivity contribution in [2.45, 2.75) is 13.8 Å². The Kier molecular flexibility index (Phi) is 4.75. The van der Waals surface area contributed by atoms with Crippen molar-refractivity contribution in [1.29, 1.82) is 0 Å². The number of hydrogen-bond donors (Lipinski definition) is 1. The number of hydrogen-bond acceptors (Lipinski definition) is 3. The molecule has 1 fully saturated rings. The molecular formula is C17H17Cl2N3O3. The highest BCUT2D eigenvalue weighted by molar-refractivity contribution is 6.42. The number of carbonyl (C=O) groups is 2. The van der Waals surface area contributed by atoms with Gasteiger partial charge in [-0.25, -0.2) is 4.68 Å². The van der Waals surface area contributed by atoms with Gasteiger partial charge in [-0.3, -0.25) is 9.59 Å². The minimum Gasteiger partial charge on any atom is -0.481 e. The fourth-order valence-electron chi connectivity index (χ4n) is 3.07. The van der Waals surface area contributed by atoms with Crippen molar-refractivity contribution >= 4 is 35.1 Å². The van der Waals surface area contributed by atoms with Crippen LogP contribution < -0.4 is 0 Å². The molecular weight excluding hydrogens is 365 g/mol. The predicted octanol–water partition coefficient (Wildman–Crippen LogP) is 3.28. The third-order valence-electron chi connectivity index (χ3n) is 4.47. The van der Waals surface area contributed by atoms with Crippen LogP contribution in [0.15, 0.2) is 24.3 Å². The van der Waals surface area contributed by atoms with E-state index in [4.69, 9.17) is 23.2 Å². The SMILES string of the molecule is Cc1cc(C(=O)N2C[C@@H](C)[C@H](C(=O)O)C2)nn1-c1ccc(Cl)c(Cl)c1. The summed E-state index contributed by atoms with van der Waals surface area (Å²) in [7, 11) is 0. The molecule has 2 atom stereocenters. The van der Waals surface area contributed by atoms with Gasteiger partial charge in [0.1, 0.15) is 0 Å². The van der Waals surface area contributed by atoms with E-state index < -0.39 is 11.9 Å². The first-order chi connectivity index (χ1) is 11.8. The second-order valence-corrected chi connectivity index (χ2v) is 7.13. The van der Waals surface area contributed by atoms with Crippen LogP contribution in [0, 0.1) is 18.8 Å². The number of likely N-dealkylation sites (tertiary alicyclic amines) is 1. The molecule has 1 saturated heterocycles. The molecule has 1 aliphatic rings. The van der Waals surface area contributed by atoms with E-state index in [0.29, 0.717) is 22.3 Å². The van der Waals surface area contributed by atoms with E-state index in [1.807, 2.05) is 13.8 Å². The zero-order valence-electron chi connectivity index (χ0n) is 13.7. The molecule has 1 N–H and O–H groups in total. The van der Waals surface area contributed by atoms with Crippen LogP contribution in [0.25, 0.3) is 5.69 Å². The molecule has 3 rings (SSSR count). The lowest BCUT2D eigenvalue weighted by Crippen LogP contribution is -2.30. The number of carboxylic acid groups (broad SMARTS) is 1. The molecule has 0 unspecified atom stereocenters. The van der Waals surface area contributed by atoms with Gasteiger partial charge >= 0.3 is 5.97 Å². The highest BCUT2D eigenvalue weighted by atomic mass is 35.5. The van der Waals surface area contributed by atoms with Gasteiger partial charge in [0.15, 0.2) is 5.69 Å². The maximum atomic E-state index is 12.7. The largest absolute Gasteiger partial charge is 0.481 e. The van der Waals surface area contributed by atoms with E-state index in [-0.39, 0.29) is 24.1 Å². The second-order valence-electron chi connectivity index (χ2n) is 6.31. The van der Waals surface area contributed by atoms with E-state index in [9.17, 15) is 14.7 Å². The zero-order chi connectivity index (χ0) is 18.3. The predicted molar refractivity (Wildman–Crippen MR) is 94.5 cm³/mol. The van der Waals surface area contributed by atoms with Gasteiger partial charge in [-0.05, 0) is 37.1 Å². The van der Waals surface area contributed by atoms with Crippen LogP contribution in [0.5, 0.6) is 0 Å². The number of amides is 1. The molecule has 1 aromatic heterocycles.